The third-order valence-electron chi connectivity index (χ3n) is 2.83. The summed E-state index contributed by atoms with van der Waals surface area (Å²) < 4.78 is 0. The maximum atomic E-state index is 12.2. The number of nitrogen functional groups attached to an aromatic ring is 1. The van der Waals surface area contributed by atoms with E-state index in [-0.39, 0.29) is 18.0 Å². The highest BCUT2D eigenvalue weighted by Gasteiger charge is 2.18. The van der Waals surface area contributed by atoms with Gasteiger partial charge < -0.3 is 16.4 Å². The van der Waals surface area contributed by atoms with Crippen LogP contribution in [0.25, 0.3) is 0 Å². The summed E-state index contributed by atoms with van der Waals surface area (Å²) in [5.41, 5.74) is 5.81. The molecule has 0 fully saturated rings. The molecule has 0 aliphatic heterocycles. The number of amides is 1. The number of thiazole rings is 1. The van der Waals surface area contributed by atoms with Gasteiger partial charge >= 0.3 is 0 Å². The van der Waals surface area contributed by atoms with Crippen LogP contribution in [0.4, 0.5) is 10.9 Å². The van der Waals surface area contributed by atoms with E-state index in [0.29, 0.717) is 21.7 Å². The second-order valence-corrected chi connectivity index (χ2v) is 6.88. The van der Waals surface area contributed by atoms with E-state index in [1.807, 2.05) is 20.8 Å². The van der Waals surface area contributed by atoms with Crippen LogP contribution in [-0.4, -0.2) is 23.0 Å². The van der Waals surface area contributed by atoms with Gasteiger partial charge in [-0.25, -0.2) is 4.98 Å². The molecule has 114 valence electrons. The van der Waals surface area contributed by atoms with Crippen molar-refractivity contribution in [3.63, 3.8) is 0 Å². The minimum absolute atomic E-state index is 0.131. The fraction of sp³-hybridized carbons (Fsp3) is 0.714. The van der Waals surface area contributed by atoms with Gasteiger partial charge in [0, 0.05) is 12.1 Å². The molecule has 0 saturated heterocycles. The van der Waals surface area contributed by atoms with Crippen molar-refractivity contribution in [3.05, 3.63) is 4.88 Å². The van der Waals surface area contributed by atoms with Gasteiger partial charge in [0.15, 0.2) is 5.13 Å². The van der Waals surface area contributed by atoms with Crippen molar-refractivity contribution in [2.24, 2.45) is 5.92 Å². The normalized spacial score (nSPS) is 12.8. The number of nitrogens with two attached hydrogens (primary N) is 1. The summed E-state index contributed by atoms with van der Waals surface area (Å²) in [5.74, 6) is 0.810. The number of carbonyl (C=O) groups is 1. The molecule has 5 nitrogen and oxygen atoms in total. The van der Waals surface area contributed by atoms with E-state index in [4.69, 9.17) is 5.73 Å². The molecule has 0 radical (unpaired) electrons. The second kappa shape index (κ2) is 7.47. The molecule has 0 aromatic carbocycles. The summed E-state index contributed by atoms with van der Waals surface area (Å²) in [6.07, 6.45) is 2.07. The minimum Gasteiger partial charge on any atom is -0.382 e. The number of aromatic nitrogens is 1. The average Bonchev–Trinajstić information content (AvgIpc) is 2.66. The third-order valence-corrected chi connectivity index (χ3v) is 3.83. The van der Waals surface area contributed by atoms with Crippen molar-refractivity contribution >= 4 is 28.2 Å². The summed E-state index contributed by atoms with van der Waals surface area (Å²) in [6, 6.07) is 0.411. The SMILES string of the molecule is CC(C)CCC(C)NC(=O)c1sc(NC(C)C)nc1N. The monoisotopic (exact) mass is 298 g/mol. The summed E-state index contributed by atoms with van der Waals surface area (Å²) in [4.78, 5) is 16.8. The Hall–Kier alpha value is -1.30. The van der Waals surface area contributed by atoms with Crippen LogP contribution in [0.2, 0.25) is 0 Å². The molecule has 0 aliphatic carbocycles. The zero-order valence-electron chi connectivity index (χ0n) is 13.0. The number of hydrogen-bond donors (Lipinski definition) is 3. The largest absolute Gasteiger partial charge is 0.382 e. The Morgan fingerprint density at radius 2 is 1.90 bits per heavy atom. The number of carbonyl (C=O) groups excluding carboxylic acids is 1. The van der Waals surface area contributed by atoms with Gasteiger partial charge in [0.1, 0.15) is 10.7 Å². The van der Waals surface area contributed by atoms with Gasteiger partial charge in [-0.15, -0.1) is 0 Å². The fourth-order valence-corrected chi connectivity index (χ4v) is 2.68. The van der Waals surface area contributed by atoms with E-state index in [9.17, 15) is 4.79 Å². The van der Waals surface area contributed by atoms with Crippen molar-refractivity contribution in [2.45, 2.75) is 59.5 Å². The molecule has 0 aliphatic rings. The highest BCUT2D eigenvalue weighted by Crippen LogP contribution is 2.25. The van der Waals surface area contributed by atoms with Crippen LogP contribution in [-0.2, 0) is 0 Å². The van der Waals surface area contributed by atoms with Crippen LogP contribution in [0, 0.1) is 5.92 Å². The number of nitrogens with one attached hydrogen (secondary N) is 2. The van der Waals surface area contributed by atoms with Crippen LogP contribution in [0.3, 0.4) is 0 Å². The molecule has 1 heterocycles. The van der Waals surface area contributed by atoms with Gasteiger partial charge in [-0.05, 0) is 39.5 Å². The summed E-state index contributed by atoms with van der Waals surface area (Å²) in [7, 11) is 0. The molecule has 0 saturated carbocycles. The lowest BCUT2D eigenvalue weighted by Crippen LogP contribution is -2.32. The van der Waals surface area contributed by atoms with Crippen molar-refractivity contribution in [1.82, 2.24) is 10.3 Å². The molecular formula is C14H26N4OS. The van der Waals surface area contributed by atoms with Crippen LogP contribution < -0.4 is 16.4 Å². The first-order valence-electron chi connectivity index (χ1n) is 7.13. The molecule has 1 unspecified atom stereocenters. The maximum Gasteiger partial charge on any atom is 0.265 e. The lowest BCUT2D eigenvalue weighted by Gasteiger charge is -2.14. The summed E-state index contributed by atoms with van der Waals surface area (Å²) in [5, 5.41) is 6.84. The van der Waals surface area contributed by atoms with Crippen molar-refractivity contribution in [3.8, 4) is 0 Å². The molecule has 1 aromatic heterocycles. The van der Waals surface area contributed by atoms with Gasteiger partial charge in [-0.2, -0.15) is 0 Å². The second-order valence-electron chi connectivity index (χ2n) is 5.88. The van der Waals surface area contributed by atoms with Gasteiger partial charge in [0.25, 0.3) is 5.91 Å². The Balaban J connectivity index is 2.60. The maximum absolute atomic E-state index is 12.2. The van der Waals surface area contributed by atoms with E-state index >= 15 is 0 Å². The van der Waals surface area contributed by atoms with Crippen LogP contribution >= 0.6 is 11.3 Å². The number of nitrogens with zero attached hydrogens (tertiary/aromatic N) is 1. The molecule has 20 heavy (non-hydrogen) atoms. The number of rotatable bonds is 7. The zero-order valence-corrected chi connectivity index (χ0v) is 13.8. The molecule has 1 amide bonds. The van der Waals surface area contributed by atoms with Gasteiger partial charge in [-0.3, -0.25) is 4.79 Å². The highest BCUT2D eigenvalue weighted by molar-refractivity contribution is 7.18. The van der Waals surface area contributed by atoms with Gasteiger partial charge in [0.2, 0.25) is 0 Å². The van der Waals surface area contributed by atoms with E-state index in [1.165, 1.54) is 11.3 Å². The molecule has 0 spiro atoms. The Bertz CT molecular complexity index is 442. The van der Waals surface area contributed by atoms with Crippen molar-refractivity contribution in [1.29, 1.82) is 0 Å². The van der Waals surface area contributed by atoms with Crippen molar-refractivity contribution in [2.75, 3.05) is 11.1 Å². The van der Waals surface area contributed by atoms with Gasteiger partial charge in [0.05, 0.1) is 0 Å². The minimum atomic E-state index is -0.131. The molecule has 0 bridgehead atoms. The van der Waals surface area contributed by atoms with Gasteiger partial charge in [-0.1, -0.05) is 25.2 Å². The third kappa shape index (κ3) is 5.36. The first kappa shape index (κ1) is 16.8. The van der Waals surface area contributed by atoms with Crippen molar-refractivity contribution < 1.29 is 4.79 Å². The van der Waals surface area contributed by atoms with E-state index in [2.05, 4.69) is 29.5 Å². The predicted molar refractivity (Wildman–Crippen MR) is 86.3 cm³/mol. The van der Waals surface area contributed by atoms with E-state index in [1.54, 1.807) is 0 Å². The van der Waals surface area contributed by atoms with Crippen LogP contribution in [0.5, 0.6) is 0 Å². The zero-order chi connectivity index (χ0) is 15.3. The summed E-state index contributed by atoms with van der Waals surface area (Å²) >= 11 is 1.30. The Kier molecular flexibility index (Phi) is 6.26. The van der Waals surface area contributed by atoms with E-state index in [0.717, 1.165) is 12.8 Å². The summed E-state index contributed by atoms with van der Waals surface area (Å²) in [6.45, 7) is 10.4. The molecule has 4 N–H and O–H groups in total. The number of anilines is 2. The predicted octanol–water partition coefficient (Wildman–Crippen LogP) is 3.10. The average molecular weight is 298 g/mol. The Morgan fingerprint density at radius 1 is 1.25 bits per heavy atom. The first-order valence-corrected chi connectivity index (χ1v) is 7.95. The molecular weight excluding hydrogens is 272 g/mol. The fourth-order valence-electron chi connectivity index (χ4n) is 1.75. The molecule has 1 aromatic rings. The lowest BCUT2D eigenvalue weighted by atomic mass is 10.0. The highest BCUT2D eigenvalue weighted by atomic mass is 32.1. The van der Waals surface area contributed by atoms with E-state index < -0.39 is 0 Å². The van der Waals surface area contributed by atoms with Crippen LogP contribution in [0.15, 0.2) is 0 Å². The smallest absolute Gasteiger partial charge is 0.265 e. The standard InChI is InChI=1S/C14H26N4OS/c1-8(2)6-7-10(5)17-13(19)11-12(15)18-14(20-11)16-9(3)4/h8-10H,6-7,15H2,1-5H3,(H,16,18)(H,17,19). The topological polar surface area (TPSA) is 80.0 Å². The number of hydrogen-bond acceptors (Lipinski definition) is 5. The Morgan fingerprint density at radius 3 is 2.45 bits per heavy atom. The molecule has 1 atom stereocenters. The van der Waals surface area contributed by atoms with Crippen LogP contribution in [0.1, 0.15) is 57.1 Å². The molecule has 6 heteroatoms. The quantitative estimate of drug-likeness (QED) is 0.722. The Labute approximate surface area is 125 Å². The first-order chi connectivity index (χ1) is 9.29. The molecule has 1 rings (SSSR count). The lowest BCUT2D eigenvalue weighted by molar-refractivity contribution is 0.0942.